The second-order valence-electron chi connectivity index (χ2n) is 3.07. The van der Waals surface area contributed by atoms with Crippen LogP contribution in [0.25, 0.3) is 0 Å². The molecule has 0 aliphatic carbocycles. The van der Waals surface area contributed by atoms with Gasteiger partial charge in [-0.1, -0.05) is 0 Å². The zero-order chi connectivity index (χ0) is 11.3. The summed E-state index contributed by atoms with van der Waals surface area (Å²) < 4.78 is 4.99. The highest BCUT2D eigenvalue weighted by Gasteiger charge is 2.06. The van der Waals surface area contributed by atoms with Crippen molar-refractivity contribution in [3.8, 4) is 5.75 Å². The predicted molar refractivity (Wildman–Crippen MR) is 57.7 cm³/mol. The number of carboxylic acid groups (broad SMARTS) is 1. The minimum atomic E-state index is -0.931. The Balaban J connectivity index is 2.68. The topological polar surface area (TPSA) is 58.9 Å². The number of carbonyl (C=O) groups is 1. The summed E-state index contributed by atoms with van der Waals surface area (Å²) in [4.78, 5) is 14.4. The molecule has 1 atom stereocenters. The molecule has 0 heterocycles. The summed E-state index contributed by atoms with van der Waals surface area (Å²) >= 11 is 0. The van der Waals surface area contributed by atoms with Gasteiger partial charge in [-0.3, -0.25) is 4.99 Å². The maximum atomic E-state index is 10.5. The van der Waals surface area contributed by atoms with E-state index in [-0.39, 0.29) is 0 Å². The summed E-state index contributed by atoms with van der Waals surface area (Å²) in [6.07, 6.45) is 1.54. The average molecular weight is 207 g/mol. The van der Waals surface area contributed by atoms with E-state index in [2.05, 4.69) is 4.99 Å². The Bertz CT molecular complexity index is 357. The third-order valence-corrected chi connectivity index (χ3v) is 1.92. The zero-order valence-electron chi connectivity index (χ0n) is 8.68. The molecule has 0 spiro atoms. The van der Waals surface area contributed by atoms with E-state index in [1.165, 1.54) is 13.1 Å². The van der Waals surface area contributed by atoms with Crippen molar-refractivity contribution in [1.82, 2.24) is 0 Å². The summed E-state index contributed by atoms with van der Waals surface area (Å²) in [6, 6.07) is 6.51. The van der Waals surface area contributed by atoms with Gasteiger partial charge in [0.2, 0.25) is 0 Å². The normalized spacial score (nSPS) is 12.7. The SMILES string of the molecule is COc1ccc(C=NC(C)C(=O)O)cc1. The van der Waals surface area contributed by atoms with Gasteiger partial charge in [0.15, 0.2) is 0 Å². The Hall–Kier alpha value is -1.84. The number of hydrogen-bond acceptors (Lipinski definition) is 3. The van der Waals surface area contributed by atoms with Gasteiger partial charge in [-0.2, -0.15) is 0 Å². The quantitative estimate of drug-likeness (QED) is 0.762. The van der Waals surface area contributed by atoms with E-state index in [0.29, 0.717) is 0 Å². The van der Waals surface area contributed by atoms with Crippen LogP contribution in [0.4, 0.5) is 0 Å². The zero-order valence-corrected chi connectivity index (χ0v) is 8.68. The monoisotopic (exact) mass is 207 g/mol. The molecule has 0 saturated carbocycles. The molecule has 1 rings (SSSR count). The van der Waals surface area contributed by atoms with Crippen LogP contribution in [-0.4, -0.2) is 30.4 Å². The Labute approximate surface area is 88.2 Å². The lowest BCUT2D eigenvalue weighted by Gasteiger charge is -2.00. The molecule has 1 aromatic rings. The first-order valence-electron chi connectivity index (χ1n) is 4.53. The van der Waals surface area contributed by atoms with Crippen molar-refractivity contribution < 1.29 is 14.6 Å². The molecule has 0 aliphatic heterocycles. The maximum Gasteiger partial charge on any atom is 0.328 e. The summed E-state index contributed by atoms with van der Waals surface area (Å²) in [5.41, 5.74) is 0.851. The van der Waals surface area contributed by atoms with Crippen LogP contribution in [0.1, 0.15) is 12.5 Å². The van der Waals surface area contributed by atoms with Gasteiger partial charge in [0, 0.05) is 6.21 Å². The fourth-order valence-corrected chi connectivity index (χ4v) is 0.952. The molecule has 0 bridgehead atoms. The fourth-order valence-electron chi connectivity index (χ4n) is 0.952. The summed E-state index contributed by atoms with van der Waals surface area (Å²) in [6.45, 7) is 1.53. The lowest BCUT2D eigenvalue weighted by Crippen LogP contribution is -2.13. The Morgan fingerprint density at radius 3 is 2.53 bits per heavy atom. The number of hydrogen-bond donors (Lipinski definition) is 1. The third-order valence-electron chi connectivity index (χ3n) is 1.92. The maximum absolute atomic E-state index is 10.5. The van der Waals surface area contributed by atoms with E-state index in [0.717, 1.165) is 11.3 Å². The van der Waals surface area contributed by atoms with Crippen molar-refractivity contribution in [3.05, 3.63) is 29.8 Å². The first-order valence-corrected chi connectivity index (χ1v) is 4.53. The van der Waals surface area contributed by atoms with Gasteiger partial charge in [-0.05, 0) is 36.8 Å². The highest BCUT2D eigenvalue weighted by molar-refractivity contribution is 5.83. The van der Waals surface area contributed by atoms with E-state index in [1.54, 1.807) is 19.2 Å². The molecule has 1 unspecified atom stereocenters. The second kappa shape index (κ2) is 5.14. The van der Waals surface area contributed by atoms with Crippen molar-refractivity contribution in [1.29, 1.82) is 0 Å². The van der Waals surface area contributed by atoms with E-state index in [9.17, 15) is 4.79 Å². The number of rotatable bonds is 4. The minimum Gasteiger partial charge on any atom is -0.497 e. The number of carboxylic acids is 1. The molecule has 4 heteroatoms. The molecule has 0 aliphatic rings. The minimum absolute atomic E-state index is 0.716. The standard InChI is InChI=1S/C11H13NO3/c1-8(11(13)14)12-7-9-3-5-10(15-2)6-4-9/h3-8H,1-2H3,(H,13,14). The Morgan fingerprint density at radius 2 is 2.07 bits per heavy atom. The van der Waals surface area contributed by atoms with Crippen LogP contribution in [0.3, 0.4) is 0 Å². The van der Waals surface area contributed by atoms with Crippen LogP contribution >= 0.6 is 0 Å². The Kier molecular flexibility index (Phi) is 3.85. The van der Waals surface area contributed by atoms with E-state index in [1.807, 2.05) is 12.1 Å². The first kappa shape index (κ1) is 11.2. The van der Waals surface area contributed by atoms with Crippen LogP contribution in [0.2, 0.25) is 0 Å². The fraction of sp³-hybridized carbons (Fsp3) is 0.273. The molecule has 15 heavy (non-hydrogen) atoms. The number of aliphatic carboxylic acids is 1. The summed E-state index contributed by atoms with van der Waals surface area (Å²) in [5, 5.41) is 8.61. The molecule has 0 saturated heterocycles. The van der Waals surface area contributed by atoms with Crippen LogP contribution in [-0.2, 0) is 4.79 Å². The van der Waals surface area contributed by atoms with Gasteiger partial charge in [0.1, 0.15) is 11.8 Å². The molecule has 0 aromatic heterocycles. The molecule has 1 N–H and O–H groups in total. The number of aliphatic imine (C=N–C) groups is 1. The number of nitrogens with zero attached hydrogens (tertiary/aromatic N) is 1. The van der Waals surface area contributed by atoms with Gasteiger partial charge >= 0.3 is 5.97 Å². The van der Waals surface area contributed by atoms with E-state index >= 15 is 0 Å². The largest absolute Gasteiger partial charge is 0.497 e. The lowest BCUT2D eigenvalue weighted by molar-refractivity contribution is -0.137. The van der Waals surface area contributed by atoms with Crippen molar-refractivity contribution in [2.24, 2.45) is 4.99 Å². The van der Waals surface area contributed by atoms with Crippen molar-refractivity contribution >= 4 is 12.2 Å². The molecule has 0 radical (unpaired) electrons. The predicted octanol–water partition coefficient (Wildman–Crippen LogP) is 1.59. The van der Waals surface area contributed by atoms with Crippen LogP contribution in [0, 0.1) is 0 Å². The van der Waals surface area contributed by atoms with Crippen LogP contribution in [0.15, 0.2) is 29.3 Å². The molecule has 0 amide bonds. The number of methoxy groups -OCH3 is 1. The highest BCUT2D eigenvalue weighted by atomic mass is 16.5. The van der Waals surface area contributed by atoms with E-state index in [4.69, 9.17) is 9.84 Å². The second-order valence-corrected chi connectivity index (χ2v) is 3.07. The van der Waals surface area contributed by atoms with Gasteiger partial charge in [0.05, 0.1) is 7.11 Å². The first-order chi connectivity index (χ1) is 7.13. The highest BCUT2D eigenvalue weighted by Crippen LogP contribution is 2.09. The molecule has 80 valence electrons. The van der Waals surface area contributed by atoms with Gasteiger partial charge in [0.25, 0.3) is 0 Å². The summed E-state index contributed by atoms with van der Waals surface area (Å²) in [7, 11) is 1.59. The van der Waals surface area contributed by atoms with Crippen molar-refractivity contribution in [3.63, 3.8) is 0 Å². The molecular formula is C11H13NO3. The average Bonchev–Trinajstić information content (AvgIpc) is 2.26. The number of ether oxygens (including phenoxy) is 1. The van der Waals surface area contributed by atoms with Crippen LogP contribution in [0.5, 0.6) is 5.75 Å². The molecule has 4 nitrogen and oxygen atoms in total. The summed E-state index contributed by atoms with van der Waals surface area (Å²) in [5.74, 6) is -0.168. The Morgan fingerprint density at radius 1 is 1.47 bits per heavy atom. The van der Waals surface area contributed by atoms with Gasteiger partial charge < -0.3 is 9.84 Å². The molecule has 1 aromatic carbocycles. The smallest absolute Gasteiger partial charge is 0.328 e. The van der Waals surface area contributed by atoms with Gasteiger partial charge in [-0.15, -0.1) is 0 Å². The molecule has 0 fully saturated rings. The lowest BCUT2D eigenvalue weighted by atomic mass is 10.2. The van der Waals surface area contributed by atoms with Crippen molar-refractivity contribution in [2.75, 3.05) is 7.11 Å². The van der Waals surface area contributed by atoms with Gasteiger partial charge in [-0.25, -0.2) is 4.79 Å². The van der Waals surface area contributed by atoms with Crippen molar-refractivity contribution in [2.45, 2.75) is 13.0 Å². The third kappa shape index (κ3) is 3.42. The molecular weight excluding hydrogens is 194 g/mol. The van der Waals surface area contributed by atoms with Crippen LogP contribution < -0.4 is 4.74 Å². The van der Waals surface area contributed by atoms with E-state index < -0.39 is 12.0 Å². The number of benzene rings is 1.